The summed E-state index contributed by atoms with van der Waals surface area (Å²) >= 11 is 0. The van der Waals surface area contributed by atoms with E-state index in [9.17, 15) is 0 Å². The van der Waals surface area contributed by atoms with Crippen LogP contribution in [0.5, 0.6) is 0 Å². The Labute approximate surface area is 154 Å². The van der Waals surface area contributed by atoms with Gasteiger partial charge < -0.3 is 10.2 Å². The van der Waals surface area contributed by atoms with Crippen LogP contribution < -0.4 is 10.2 Å². The third-order valence-electron chi connectivity index (χ3n) is 4.35. The number of piperazine rings is 1. The molecule has 9 heteroatoms. The summed E-state index contributed by atoms with van der Waals surface area (Å²) in [5.41, 5.74) is 2.49. The molecule has 24 heavy (non-hydrogen) atoms. The van der Waals surface area contributed by atoms with Crippen molar-refractivity contribution in [2.45, 2.75) is 19.6 Å². The van der Waals surface area contributed by atoms with E-state index in [2.05, 4.69) is 35.8 Å². The van der Waals surface area contributed by atoms with Gasteiger partial charge in [0.15, 0.2) is 0 Å². The molecule has 2 aliphatic heterocycles. The summed E-state index contributed by atoms with van der Waals surface area (Å²) < 4.78 is 2.14. The molecule has 1 N–H and O–H groups in total. The quantitative estimate of drug-likeness (QED) is 0.866. The fourth-order valence-electron chi connectivity index (χ4n) is 3.15. The van der Waals surface area contributed by atoms with Crippen LogP contribution in [0.3, 0.4) is 0 Å². The molecule has 0 radical (unpaired) electrons. The number of nitrogens with zero attached hydrogens (tertiary/aromatic N) is 6. The van der Waals surface area contributed by atoms with Crippen molar-refractivity contribution < 1.29 is 0 Å². The minimum absolute atomic E-state index is 0. The molecule has 0 spiro atoms. The van der Waals surface area contributed by atoms with Crippen LogP contribution in [0, 0.1) is 0 Å². The number of hydrogen-bond acceptors (Lipinski definition) is 6. The number of aromatic nitrogens is 4. The summed E-state index contributed by atoms with van der Waals surface area (Å²) in [5.74, 6) is 0.977. The van der Waals surface area contributed by atoms with Gasteiger partial charge in [0, 0.05) is 58.2 Å². The molecule has 0 aromatic carbocycles. The zero-order valence-corrected chi connectivity index (χ0v) is 15.1. The van der Waals surface area contributed by atoms with Gasteiger partial charge in [-0.1, -0.05) is 0 Å². The predicted octanol–water partition coefficient (Wildman–Crippen LogP) is 0.942. The van der Waals surface area contributed by atoms with Crippen molar-refractivity contribution in [3.63, 3.8) is 0 Å². The van der Waals surface area contributed by atoms with Gasteiger partial charge in [0.05, 0.1) is 24.1 Å². The SMILES string of the molecule is Cl.Cl.c1cnc(N2CCN(Cc3cc4n(n3)CCNC4)CC2)cn1. The van der Waals surface area contributed by atoms with Crippen LogP contribution in [0.4, 0.5) is 5.82 Å². The molecule has 0 unspecified atom stereocenters. The van der Waals surface area contributed by atoms with Gasteiger partial charge in [0.2, 0.25) is 0 Å². The Morgan fingerprint density at radius 3 is 2.58 bits per heavy atom. The van der Waals surface area contributed by atoms with E-state index in [4.69, 9.17) is 5.10 Å². The number of hydrogen-bond donors (Lipinski definition) is 1. The van der Waals surface area contributed by atoms with Crippen LogP contribution in [0.2, 0.25) is 0 Å². The molecule has 4 rings (SSSR count). The minimum Gasteiger partial charge on any atom is -0.353 e. The van der Waals surface area contributed by atoms with Gasteiger partial charge >= 0.3 is 0 Å². The van der Waals surface area contributed by atoms with Crippen molar-refractivity contribution in [2.75, 3.05) is 37.6 Å². The molecule has 4 heterocycles. The molecule has 1 saturated heterocycles. The maximum Gasteiger partial charge on any atom is 0.147 e. The average Bonchev–Trinajstić information content (AvgIpc) is 2.98. The van der Waals surface area contributed by atoms with Gasteiger partial charge in [-0.25, -0.2) is 4.98 Å². The van der Waals surface area contributed by atoms with E-state index in [-0.39, 0.29) is 24.8 Å². The Morgan fingerprint density at radius 2 is 1.88 bits per heavy atom. The van der Waals surface area contributed by atoms with E-state index in [1.807, 2.05) is 6.20 Å². The molecular formula is C15H23Cl2N7. The summed E-state index contributed by atoms with van der Waals surface area (Å²) in [4.78, 5) is 13.3. The van der Waals surface area contributed by atoms with Crippen LogP contribution in [0.1, 0.15) is 11.4 Å². The molecule has 0 atom stereocenters. The summed E-state index contributed by atoms with van der Waals surface area (Å²) in [6.45, 7) is 7.94. The van der Waals surface area contributed by atoms with E-state index in [1.54, 1.807) is 12.4 Å². The van der Waals surface area contributed by atoms with Gasteiger partial charge in [-0.05, 0) is 6.07 Å². The van der Waals surface area contributed by atoms with E-state index < -0.39 is 0 Å². The molecule has 2 aromatic rings. The second-order valence-electron chi connectivity index (χ2n) is 5.85. The second kappa shape index (κ2) is 8.62. The number of anilines is 1. The molecule has 0 bridgehead atoms. The lowest BCUT2D eigenvalue weighted by molar-refractivity contribution is 0.245. The summed E-state index contributed by atoms with van der Waals surface area (Å²) in [6, 6.07) is 2.24. The summed E-state index contributed by atoms with van der Waals surface area (Å²) in [7, 11) is 0. The van der Waals surface area contributed by atoms with E-state index in [0.717, 1.165) is 58.2 Å². The normalized spacial score (nSPS) is 17.6. The third-order valence-corrected chi connectivity index (χ3v) is 4.35. The number of fused-ring (bicyclic) bond motifs is 1. The van der Waals surface area contributed by atoms with Crippen molar-refractivity contribution in [1.29, 1.82) is 0 Å². The highest BCUT2D eigenvalue weighted by atomic mass is 35.5. The van der Waals surface area contributed by atoms with Crippen LogP contribution in [0.25, 0.3) is 0 Å². The highest BCUT2D eigenvalue weighted by molar-refractivity contribution is 5.85. The first kappa shape index (κ1) is 18.9. The largest absolute Gasteiger partial charge is 0.353 e. The fraction of sp³-hybridized carbons (Fsp3) is 0.533. The molecule has 2 aliphatic rings. The standard InChI is InChI=1S/C15H21N7.2ClH/c1-2-18-15(11-16-1)21-7-5-20(6-8-21)12-13-9-14-10-17-3-4-22(14)19-13;;/h1-2,9,11,17H,3-8,10,12H2;2*1H. The number of nitrogens with one attached hydrogen (secondary N) is 1. The van der Waals surface area contributed by atoms with Gasteiger partial charge in [-0.2, -0.15) is 5.10 Å². The van der Waals surface area contributed by atoms with Crippen molar-refractivity contribution in [3.8, 4) is 0 Å². The van der Waals surface area contributed by atoms with E-state index in [0.29, 0.717) is 0 Å². The molecule has 0 amide bonds. The Kier molecular flexibility index (Phi) is 6.79. The number of rotatable bonds is 3. The third kappa shape index (κ3) is 4.16. The highest BCUT2D eigenvalue weighted by Crippen LogP contribution is 2.14. The lowest BCUT2D eigenvalue weighted by Gasteiger charge is -2.34. The van der Waals surface area contributed by atoms with Crippen LogP contribution >= 0.6 is 24.8 Å². The van der Waals surface area contributed by atoms with Gasteiger partial charge in [0.25, 0.3) is 0 Å². The Hall–Kier alpha value is -1.41. The Bertz CT molecular complexity index is 603. The highest BCUT2D eigenvalue weighted by Gasteiger charge is 2.20. The molecule has 0 saturated carbocycles. The summed E-state index contributed by atoms with van der Waals surface area (Å²) in [5, 5.41) is 8.11. The van der Waals surface area contributed by atoms with Crippen molar-refractivity contribution in [2.24, 2.45) is 0 Å². The maximum absolute atomic E-state index is 4.72. The van der Waals surface area contributed by atoms with Crippen molar-refractivity contribution >= 4 is 30.6 Å². The van der Waals surface area contributed by atoms with Crippen LogP contribution in [-0.4, -0.2) is 57.4 Å². The monoisotopic (exact) mass is 371 g/mol. The lowest BCUT2D eigenvalue weighted by Crippen LogP contribution is -2.46. The van der Waals surface area contributed by atoms with Crippen LogP contribution in [0.15, 0.2) is 24.7 Å². The topological polar surface area (TPSA) is 62.1 Å². The first-order chi connectivity index (χ1) is 10.9. The summed E-state index contributed by atoms with van der Waals surface area (Å²) in [6.07, 6.45) is 5.31. The predicted molar refractivity (Wildman–Crippen MR) is 98.0 cm³/mol. The Balaban J connectivity index is 0.00000104. The molecule has 7 nitrogen and oxygen atoms in total. The Morgan fingerprint density at radius 1 is 1.04 bits per heavy atom. The van der Waals surface area contributed by atoms with Gasteiger partial charge in [-0.15, -0.1) is 24.8 Å². The smallest absolute Gasteiger partial charge is 0.147 e. The molecular weight excluding hydrogens is 349 g/mol. The van der Waals surface area contributed by atoms with Crippen molar-refractivity contribution in [1.82, 2.24) is 30.0 Å². The molecule has 2 aromatic heterocycles. The lowest BCUT2D eigenvalue weighted by atomic mass is 10.2. The zero-order valence-electron chi connectivity index (χ0n) is 13.5. The average molecular weight is 372 g/mol. The molecule has 1 fully saturated rings. The zero-order chi connectivity index (χ0) is 14.8. The maximum atomic E-state index is 4.72. The van der Waals surface area contributed by atoms with Crippen molar-refractivity contribution in [3.05, 3.63) is 36.0 Å². The molecule has 132 valence electrons. The number of halogens is 2. The van der Waals surface area contributed by atoms with Crippen LogP contribution in [-0.2, 0) is 19.6 Å². The second-order valence-corrected chi connectivity index (χ2v) is 5.85. The first-order valence-electron chi connectivity index (χ1n) is 7.88. The minimum atomic E-state index is 0. The fourth-order valence-corrected chi connectivity index (χ4v) is 3.15. The van der Waals surface area contributed by atoms with Gasteiger partial charge in [0.1, 0.15) is 5.82 Å². The first-order valence-corrected chi connectivity index (χ1v) is 7.88. The molecule has 0 aliphatic carbocycles. The van der Waals surface area contributed by atoms with E-state index in [1.165, 1.54) is 11.4 Å². The van der Waals surface area contributed by atoms with E-state index >= 15 is 0 Å². The van der Waals surface area contributed by atoms with Gasteiger partial charge in [-0.3, -0.25) is 14.6 Å².